The summed E-state index contributed by atoms with van der Waals surface area (Å²) in [5.41, 5.74) is 0.0389. The smallest absolute Gasteiger partial charge is 0.303 e. The highest BCUT2D eigenvalue weighted by Gasteiger charge is 2.25. The molecule has 0 aromatic rings. The summed E-state index contributed by atoms with van der Waals surface area (Å²) < 4.78 is 0. The molecule has 0 aromatic heterocycles. The molecule has 1 aliphatic rings. The second kappa shape index (κ2) is 6.21. The molecule has 4 nitrogen and oxygen atoms in total. The molecule has 0 aromatic carbocycles. The summed E-state index contributed by atoms with van der Waals surface area (Å²) in [4.78, 5) is 24.5. The Morgan fingerprint density at radius 3 is 2.22 bits per heavy atom. The first kappa shape index (κ1) is 15.0. The van der Waals surface area contributed by atoms with Gasteiger partial charge in [0.05, 0.1) is 0 Å². The highest BCUT2D eigenvalue weighted by atomic mass is 16.4. The third kappa shape index (κ3) is 5.52. The third-order valence-corrected chi connectivity index (χ3v) is 3.42. The van der Waals surface area contributed by atoms with Crippen LogP contribution in [0.1, 0.15) is 52.9 Å². The van der Waals surface area contributed by atoms with Crippen LogP contribution in [-0.2, 0) is 9.59 Å². The molecule has 1 rings (SSSR count). The van der Waals surface area contributed by atoms with Gasteiger partial charge in [-0.15, -0.1) is 0 Å². The zero-order chi connectivity index (χ0) is 13.8. The second-order valence-electron chi connectivity index (χ2n) is 6.49. The Bertz CT molecular complexity index is 299. The van der Waals surface area contributed by atoms with Crippen LogP contribution in [0.3, 0.4) is 0 Å². The predicted molar refractivity (Wildman–Crippen MR) is 70.2 cm³/mol. The number of piperidine rings is 1. The van der Waals surface area contributed by atoms with E-state index in [1.165, 1.54) is 0 Å². The van der Waals surface area contributed by atoms with Crippen molar-refractivity contribution >= 4 is 11.9 Å². The number of amides is 1. The Kier molecular flexibility index (Phi) is 5.17. The van der Waals surface area contributed by atoms with Crippen LogP contribution in [0.4, 0.5) is 0 Å². The van der Waals surface area contributed by atoms with E-state index < -0.39 is 5.97 Å². The quantitative estimate of drug-likeness (QED) is 0.839. The van der Waals surface area contributed by atoms with Crippen molar-refractivity contribution in [2.75, 3.05) is 13.1 Å². The molecule has 0 unspecified atom stereocenters. The number of hydrogen-bond donors (Lipinski definition) is 1. The van der Waals surface area contributed by atoms with Crippen LogP contribution in [0.2, 0.25) is 0 Å². The maximum atomic E-state index is 12.0. The first-order valence-corrected chi connectivity index (χ1v) is 6.77. The van der Waals surface area contributed by atoms with E-state index in [4.69, 9.17) is 5.11 Å². The van der Waals surface area contributed by atoms with Crippen LogP contribution >= 0.6 is 0 Å². The predicted octanol–water partition coefficient (Wildman–Crippen LogP) is 2.53. The molecule has 0 saturated carbocycles. The van der Waals surface area contributed by atoms with Crippen molar-refractivity contribution in [1.29, 1.82) is 0 Å². The number of carbonyl (C=O) groups is 2. The number of carboxylic acids is 1. The number of rotatable bonds is 4. The number of nitrogens with zero attached hydrogens (tertiary/aromatic N) is 1. The van der Waals surface area contributed by atoms with E-state index >= 15 is 0 Å². The molecule has 4 heteroatoms. The van der Waals surface area contributed by atoms with Gasteiger partial charge in [0.25, 0.3) is 0 Å². The minimum absolute atomic E-state index is 0.0389. The largest absolute Gasteiger partial charge is 0.481 e. The van der Waals surface area contributed by atoms with Gasteiger partial charge >= 0.3 is 5.97 Å². The van der Waals surface area contributed by atoms with Gasteiger partial charge in [0.15, 0.2) is 0 Å². The summed E-state index contributed by atoms with van der Waals surface area (Å²) in [5, 5.41) is 8.65. The summed E-state index contributed by atoms with van der Waals surface area (Å²) in [5.74, 6) is -0.0137. The monoisotopic (exact) mass is 255 g/mol. The Morgan fingerprint density at radius 1 is 1.22 bits per heavy atom. The van der Waals surface area contributed by atoms with Gasteiger partial charge < -0.3 is 10.0 Å². The first-order valence-electron chi connectivity index (χ1n) is 6.77. The highest BCUT2D eigenvalue weighted by molar-refractivity contribution is 5.76. The first-order chi connectivity index (χ1) is 8.28. The topological polar surface area (TPSA) is 57.6 Å². The molecule has 1 saturated heterocycles. The normalized spacial score (nSPS) is 17.8. The molecule has 0 spiro atoms. The Labute approximate surface area is 109 Å². The standard InChI is InChI=1S/C14H25NO3/c1-14(2,3)10-12(16)15-8-6-11(7-9-15)4-5-13(17)18/h11H,4-10H2,1-3H3,(H,17,18). The molecule has 1 amide bonds. The molecule has 0 atom stereocenters. The van der Waals surface area contributed by atoms with E-state index in [2.05, 4.69) is 20.8 Å². The molecular formula is C14H25NO3. The minimum atomic E-state index is -0.721. The van der Waals surface area contributed by atoms with Gasteiger partial charge in [0, 0.05) is 25.9 Å². The van der Waals surface area contributed by atoms with Crippen molar-refractivity contribution in [3.63, 3.8) is 0 Å². The van der Waals surface area contributed by atoms with Crippen LogP contribution < -0.4 is 0 Å². The number of hydrogen-bond acceptors (Lipinski definition) is 2. The van der Waals surface area contributed by atoms with Crippen LogP contribution in [-0.4, -0.2) is 35.0 Å². The molecule has 0 aliphatic carbocycles. The SMILES string of the molecule is CC(C)(C)CC(=O)N1CCC(CCC(=O)O)CC1. The zero-order valence-corrected chi connectivity index (χ0v) is 11.7. The Hall–Kier alpha value is -1.06. The Balaban J connectivity index is 2.30. The lowest BCUT2D eigenvalue weighted by Gasteiger charge is -2.33. The summed E-state index contributed by atoms with van der Waals surface area (Å²) in [6, 6.07) is 0. The van der Waals surface area contributed by atoms with Crippen molar-refractivity contribution in [3.8, 4) is 0 Å². The lowest BCUT2D eigenvalue weighted by Crippen LogP contribution is -2.40. The molecule has 104 valence electrons. The zero-order valence-electron chi connectivity index (χ0n) is 11.7. The third-order valence-electron chi connectivity index (χ3n) is 3.42. The molecule has 0 bridgehead atoms. The van der Waals surface area contributed by atoms with Crippen LogP contribution in [0.25, 0.3) is 0 Å². The Morgan fingerprint density at radius 2 is 1.78 bits per heavy atom. The summed E-state index contributed by atoms with van der Waals surface area (Å²) in [7, 11) is 0. The summed E-state index contributed by atoms with van der Waals surface area (Å²) >= 11 is 0. The second-order valence-corrected chi connectivity index (χ2v) is 6.49. The molecular weight excluding hydrogens is 230 g/mol. The van der Waals surface area contributed by atoms with Crippen molar-refractivity contribution in [2.45, 2.75) is 52.9 Å². The van der Waals surface area contributed by atoms with E-state index in [9.17, 15) is 9.59 Å². The fraction of sp³-hybridized carbons (Fsp3) is 0.857. The lowest BCUT2D eigenvalue weighted by molar-refractivity contribution is -0.138. The van der Waals surface area contributed by atoms with Crippen LogP contribution in [0.15, 0.2) is 0 Å². The van der Waals surface area contributed by atoms with E-state index in [0.717, 1.165) is 32.4 Å². The maximum absolute atomic E-state index is 12.0. The molecule has 1 heterocycles. The van der Waals surface area contributed by atoms with Gasteiger partial charge in [-0.25, -0.2) is 0 Å². The molecule has 18 heavy (non-hydrogen) atoms. The average molecular weight is 255 g/mol. The highest BCUT2D eigenvalue weighted by Crippen LogP contribution is 2.25. The number of aliphatic carboxylic acids is 1. The summed E-state index contributed by atoms with van der Waals surface area (Å²) in [6.45, 7) is 7.80. The number of carbonyl (C=O) groups excluding carboxylic acids is 1. The van der Waals surface area contributed by atoms with Crippen molar-refractivity contribution < 1.29 is 14.7 Å². The van der Waals surface area contributed by atoms with Crippen molar-refractivity contribution in [2.24, 2.45) is 11.3 Å². The summed E-state index contributed by atoms with van der Waals surface area (Å²) in [6.07, 6.45) is 3.48. The van der Waals surface area contributed by atoms with Crippen LogP contribution in [0.5, 0.6) is 0 Å². The van der Waals surface area contributed by atoms with E-state index in [1.54, 1.807) is 0 Å². The van der Waals surface area contributed by atoms with Gasteiger partial charge in [-0.05, 0) is 30.6 Å². The van der Waals surface area contributed by atoms with E-state index in [1.807, 2.05) is 4.90 Å². The van der Waals surface area contributed by atoms with E-state index in [0.29, 0.717) is 12.3 Å². The number of carboxylic acid groups (broad SMARTS) is 1. The fourth-order valence-electron chi connectivity index (χ4n) is 2.36. The van der Waals surface area contributed by atoms with E-state index in [-0.39, 0.29) is 17.7 Å². The van der Waals surface area contributed by atoms with Gasteiger partial charge in [0.2, 0.25) is 5.91 Å². The molecule has 1 N–H and O–H groups in total. The minimum Gasteiger partial charge on any atom is -0.481 e. The van der Waals surface area contributed by atoms with Gasteiger partial charge in [-0.1, -0.05) is 20.8 Å². The van der Waals surface area contributed by atoms with Gasteiger partial charge in [-0.2, -0.15) is 0 Å². The van der Waals surface area contributed by atoms with Gasteiger partial charge in [-0.3, -0.25) is 9.59 Å². The maximum Gasteiger partial charge on any atom is 0.303 e. The average Bonchev–Trinajstić information content (AvgIpc) is 2.24. The molecule has 1 fully saturated rings. The van der Waals surface area contributed by atoms with Crippen LogP contribution in [0, 0.1) is 11.3 Å². The molecule has 0 radical (unpaired) electrons. The van der Waals surface area contributed by atoms with Crippen molar-refractivity contribution in [1.82, 2.24) is 4.90 Å². The van der Waals surface area contributed by atoms with Crippen molar-refractivity contribution in [3.05, 3.63) is 0 Å². The number of likely N-dealkylation sites (tertiary alicyclic amines) is 1. The fourth-order valence-corrected chi connectivity index (χ4v) is 2.36. The lowest BCUT2D eigenvalue weighted by atomic mass is 9.89. The molecule has 1 aliphatic heterocycles. The van der Waals surface area contributed by atoms with Gasteiger partial charge in [0.1, 0.15) is 0 Å².